The zero-order valence-electron chi connectivity index (χ0n) is 13.2. The maximum Gasteiger partial charge on any atom is 0.303 e. The number of aliphatic hydroxyl groups excluding tert-OH is 1. The number of fused-ring (bicyclic) bond motifs is 1. The number of aliphatic hydroxyl groups is 1. The van der Waals surface area contributed by atoms with Crippen LogP contribution in [0, 0.1) is 11.3 Å². The van der Waals surface area contributed by atoms with Crippen molar-refractivity contribution in [1.82, 2.24) is 0 Å². The molecule has 2 rings (SSSR count). The third kappa shape index (κ3) is 3.10. The number of Topliss-reactive ketones (excluding diaryl/α,β-unsaturated/α-hetero) is 1. The monoisotopic (exact) mass is 292 g/mol. The van der Waals surface area contributed by atoms with Gasteiger partial charge in [-0.05, 0) is 31.3 Å². The van der Waals surface area contributed by atoms with Gasteiger partial charge in [-0.15, -0.1) is 0 Å². The van der Waals surface area contributed by atoms with E-state index in [2.05, 4.69) is 19.9 Å². The van der Waals surface area contributed by atoms with E-state index in [4.69, 9.17) is 4.74 Å². The third-order valence-electron chi connectivity index (χ3n) is 4.86. The van der Waals surface area contributed by atoms with Crippen LogP contribution >= 0.6 is 0 Å². The first kappa shape index (κ1) is 16.0. The molecule has 0 radical (unpaired) electrons. The predicted octanol–water partition coefficient (Wildman–Crippen LogP) is 2.56. The van der Waals surface area contributed by atoms with E-state index in [0.717, 1.165) is 11.1 Å². The maximum absolute atomic E-state index is 12.2. The Bertz CT molecular complexity index is 517. The first-order chi connectivity index (χ1) is 9.74. The van der Waals surface area contributed by atoms with Crippen LogP contribution in [0.15, 0.2) is 23.3 Å². The number of hydrogen-bond acceptors (Lipinski definition) is 4. The van der Waals surface area contributed by atoms with Gasteiger partial charge in [0, 0.05) is 18.8 Å². The number of ether oxygens (including phenoxy) is 1. The summed E-state index contributed by atoms with van der Waals surface area (Å²) in [5.74, 6) is -0.238. The number of hydrogen-bond donors (Lipinski definition) is 1. The molecule has 2 aliphatic carbocycles. The van der Waals surface area contributed by atoms with Crippen molar-refractivity contribution in [3.8, 4) is 0 Å². The first-order valence-electron chi connectivity index (χ1n) is 7.52. The van der Waals surface area contributed by atoms with Crippen LogP contribution in [-0.4, -0.2) is 29.1 Å². The number of carbonyl (C=O) groups is 2. The van der Waals surface area contributed by atoms with Crippen LogP contribution in [0.3, 0.4) is 0 Å². The van der Waals surface area contributed by atoms with Crippen LogP contribution in [0.1, 0.15) is 47.0 Å². The minimum atomic E-state index is -0.764. The van der Waals surface area contributed by atoms with E-state index in [1.54, 1.807) is 0 Å². The summed E-state index contributed by atoms with van der Waals surface area (Å²) in [6.07, 6.45) is 4.40. The molecule has 0 fully saturated rings. The number of rotatable bonds is 1. The van der Waals surface area contributed by atoms with Crippen molar-refractivity contribution in [2.24, 2.45) is 11.3 Å². The molecule has 4 nitrogen and oxygen atoms in total. The zero-order chi connectivity index (χ0) is 15.8. The summed E-state index contributed by atoms with van der Waals surface area (Å²) in [5, 5.41) is 9.95. The Morgan fingerprint density at radius 3 is 2.71 bits per heavy atom. The van der Waals surface area contributed by atoms with E-state index < -0.39 is 18.2 Å². The SMILES string of the molecule is CC(=O)O[C@H]1C(=O)CCC2=C[C@H](O)C[C@@H](C)[C@]2(C)C=C1C. The van der Waals surface area contributed by atoms with E-state index in [9.17, 15) is 14.7 Å². The smallest absolute Gasteiger partial charge is 0.303 e. The van der Waals surface area contributed by atoms with Crippen LogP contribution in [0.25, 0.3) is 0 Å². The Balaban J connectivity index is 2.45. The fourth-order valence-corrected chi connectivity index (χ4v) is 3.51. The molecular formula is C17H24O4. The Morgan fingerprint density at radius 2 is 2.10 bits per heavy atom. The molecule has 1 N–H and O–H groups in total. The molecule has 0 aromatic heterocycles. The second-order valence-corrected chi connectivity index (χ2v) is 6.52. The van der Waals surface area contributed by atoms with Gasteiger partial charge < -0.3 is 9.84 Å². The predicted molar refractivity (Wildman–Crippen MR) is 79.5 cm³/mol. The number of esters is 1. The number of ketones is 1. The van der Waals surface area contributed by atoms with Gasteiger partial charge in [-0.3, -0.25) is 9.59 Å². The van der Waals surface area contributed by atoms with Gasteiger partial charge >= 0.3 is 5.97 Å². The fourth-order valence-electron chi connectivity index (χ4n) is 3.51. The lowest BCUT2D eigenvalue weighted by Crippen LogP contribution is -2.38. The number of carbonyl (C=O) groups excluding carboxylic acids is 2. The molecule has 0 spiro atoms. The molecule has 116 valence electrons. The van der Waals surface area contributed by atoms with Crippen LogP contribution < -0.4 is 0 Å². The van der Waals surface area contributed by atoms with Crippen molar-refractivity contribution in [3.05, 3.63) is 23.3 Å². The number of allylic oxidation sites excluding steroid dienone is 2. The van der Waals surface area contributed by atoms with E-state index >= 15 is 0 Å². The molecule has 4 heteroatoms. The first-order valence-corrected chi connectivity index (χ1v) is 7.52. The van der Waals surface area contributed by atoms with E-state index in [-0.39, 0.29) is 17.1 Å². The van der Waals surface area contributed by atoms with Crippen LogP contribution in [-0.2, 0) is 14.3 Å². The van der Waals surface area contributed by atoms with Crippen molar-refractivity contribution in [2.75, 3.05) is 0 Å². The normalized spacial score (nSPS) is 36.8. The van der Waals surface area contributed by atoms with Crippen molar-refractivity contribution in [3.63, 3.8) is 0 Å². The van der Waals surface area contributed by atoms with Gasteiger partial charge in [0.1, 0.15) is 0 Å². The highest BCUT2D eigenvalue weighted by molar-refractivity contribution is 5.88. The summed E-state index contributed by atoms with van der Waals surface area (Å²) in [6, 6.07) is 0. The van der Waals surface area contributed by atoms with Gasteiger partial charge in [0.15, 0.2) is 11.9 Å². The average Bonchev–Trinajstić information content (AvgIpc) is 2.37. The summed E-state index contributed by atoms with van der Waals surface area (Å²) in [5.41, 5.74) is 1.71. The van der Waals surface area contributed by atoms with Crippen molar-refractivity contribution in [2.45, 2.75) is 59.2 Å². The molecule has 0 unspecified atom stereocenters. The highest BCUT2D eigenvalue weighted by Gasteiger charge is 2.40. The van der Waals surface area contributed by atoms with Gasteiger partial charge in [0.2, 0.25) is 0 Å². The summed E-state index contributed by atoms with van der Waals surface area (Å²) >= 11 is 0. The van der Waals surface area contributed by atoms with Crippen molar-refractivity contribution < 1.29 is 19.4 Å². The minimum Gasteiger partial charge on any atom is -0.450 e. The maximum atomic E-state index is 12.2. The van der Waals surface area contributed by atoms with Crippen molar-refractivity contribution in [1.29, 1.82) is 0 Å². The quantitative estimate of drug-likeness (QED) is 0.596. The second-order valence-electron chi connectivity index (χ2n) is 6.52. The van der Waals surface area contributed by atoms with Crippen LogP contribution in [0.5, 0.6) is 0 Å². The Kier molecular flexibility index (Phi) is 4.38. The summed E-state index contributed by atoms with van der Waals surface area (Å²) in [4.78, 5) is 23.5. The van der Waals surface area contributed by atoms with Crippen LogP contribution in [0.2, 0.25) is 0 Å². The molecule has 0 amide bonds. The largest absolute Gasteiger partial charge is 0.450 e. The molecule has 0 heterocycles. The lowest BCUT2D eigenvalue weighted by atomic mass is 9.63. The Morgan fingerprint density at radius 1 is 1.43 bits per heavy atom. The standard InChI is InChI=1S/C17H24O4/c1-10-9-17(4)11(2)7-14(19)8-13(17)5-6-15(20)16(10)21-12(3)18/h8-9,11,14,16,19H,5-7H2,1-4H3/t11-,14-,16-,17+/m1/s1. The van der Waals surface area contributed by atoms with E-state index in [0.29, 0.717) is 19.3 Å². The van der Waals surface area contributed by atoms with E-state index in [1.807, 2.05) is 13.0 Å². The van der Waals surface area contributed by atoms with Crippen molar-refractivity contribution >= 4 is 11.8 Å². The van der Waals surface area contributed by atoms with Gasteiger partial charge in [0.25, 0.3) is 0 Å². The molecule has 2 aliphatic rings. The third-order valence-corrected chi connectivity index (χ3v) is 4.86. The van der Waals surface area contributed by atoms with E-state index in [1.165, 1.54) is 6.92 Å². The highest BCUT2D eigenvalue weighted by atomic mass is 16.5. The molecule has 0 aromatic carbocycles. The Labute approximate surface area is 125 Å². The minimum absolute atomic E-state index is 0.0744. The molecule has 4 atom stereocenters. The molecule has 21 heavy (non-hydrogen) atoms. The average molecular weight is 292 g/mol. The molecule has 0 saturated carbocycles. The van der Waals surface area contributed by atoms with Gasteiger partial charge in [0.05, 0.1) is 6.10 Å². The highest BCUT2D eigenvalue weighted by Crippen LogP contribution is 2.47. The van der Waals surface area contributed by atoms with Crippen LogP contribution in [0.4, 0.5) is 0 Å². The molecule has 0 aromatic rings. The molecule has 0 aliphatic heterocycles. The summed E-state index contributed by atoms with van der Waals surface area (Å²) in [7, 11) is 0. The topological polar surface area (TPSA) is 63.6 Å². The summed E-state index contributed by atoms with van der Waals surface area (Å²) < 4.78 is 5.21. The summed E-state index contributed by atoms with van der Waals surface area (Å²) in [6.45, 7) is 7.42. The lowest BCUT2D eigenvalue weighted by Gasteiger charge is -2.42. The molecule has 0 saturated heterocycles. The van der Waals surface area contributed by atoms with Gasteiger partial charge in [-0.1, -0.05) is 31.6 Å². The fraction of sp³-hybridized carbons (Fsp3) is 0.647. The second kappa shape index (κ2) is 5.76. The lowest BCUT2D eigenvalue weighted by molar-refractivity contribution is -0.150. The zero-order valence-corrected chi connectivity index (χ0v) is 13.2. The molecule has 0 bridgehead atoms. The van der Waals surface area contributed by atoms with Gasteiger partial charge in [-0.2, -0.15) is 0 Å². The molecular weight excluding hydrogens is 268 g/mol. The Hall–Kier alpha value is -1.42. The van der Waals surface area contributed by atoms with Gasteiger partial charge in [-0.25, -0.2) is 0 Å².